The molecule has 1 aliphatic heterocycles. The van der Waals surface area contributed by atoms with E-state index in [0.717, 1.165) is 0 Å². The van der Waals surface area contributed by atoms with Crippen LogP contribution in [0.2, 0.25) is 0 Å². The van der Waals surface area contributed by atoms with Gasteiger partial charge in [0.05, 0.1) is 0 Å². The SMILES string of the molecule is CCCN1CCC(Cl)C(C)C1. The van der Waals surface area contributed by atoms with E-state index in [1.165, 1.54) is 32.5 Å². The second-order valence-corrected chi connectivity index (χ2v) is 4.14. The zero-order valence-corrected chi connectivity index (χ0v) is 8.27. The Morgan fingerprint density at radius 3 is 2.82 bits per heavy atom. The third kappa shape index (κ3) is 2.64. The van der Waals surface area contributed by atoms with Gasteiger partial charge in [-0.15, -0.1) is 11.6 Å². The maximum absolute atomic E-state index is 6.11. The minimum Gasteiger partial charge on any atom is -0.303 e. The van der Waals surface area contributed by atoms with Crippen LogP contribution in [0.15, 0.2) is 0 Å². The number of piperidine rings is 1. The van der Waals surface area contributed by atoms with E-state index in [9.17, 15) is 0 Å². The highest BCUT2D eigenvalue weighted by Crippen LogP contribution is 2.21. The summed E-state index contributed by atoms with van der Waals surface area (Å²) in [6.45, 7) is 8.12. The molecule has 11 heavy (non-hydrogen) atoms. The van der Waals surface area contributed by atoms with E-state index in [4.69, 9.17) is 11.6 Å². The lowest BCUT2D eigenvalue weighted by molar-refractivity contribution is 0.188. The molecule has 2 atom stereocenters. The van der Waals surface area contributed by atoms with Crippen LogP contribution in [0.5, 0.6) is 0 Å². The Balaban J connectivity index is 2.28. The van der Waals surface area contributed by atoms with Gasteiger partial charge in [0, 0.05) is 11.9 Å². The Morgan fingerprint density at radius 1 is 1.55 bits per heavy atom. The number of rotatable bonds is 2. The second-order valence-electron chi connectivity index (χ2n) is 3.58. The monoisotopic (exact) mass is 175 g/mol. The summed E-state index contributed by atoms with van der Waals surface area (Å²) < 4.78 is 0. The van der Waals surface area contributed by atoms with E-state index in [-0.39, 0.29) is 0 Å². The molecule has 0 bridgehead atoms. The van der Waals surface area contributed by atoms with E-state index in [1.54, 1.807) is 0 Å². The van der Waals surface area contributed by atoms with E-state index in [1.807, 2.05) is 0 Å². The summed E-state index contributed by atoms with van der Waals surface area (Å²) in [7, 11) is 0. The van der Waals surface area contributed by atoms with E-state index >= 15 is 0 Å². The normalized spacial score (nSPS) is 34.1. The van der Waals surface area contributed by atoms with E-state index in [2.05, 4.69) is 18.7 Å². The summed E-state index contributed by atoms with van der Waals surface area (Å²) in [6, 6.07) is 0. The molecule has 0 aromatic carbocycles. The summed E-state index contributed by atoms with van der Waals surface area (Å²) in [4.78, 5) is 2.52. The quantitative estimate of drug-likeness (QED) is 0.583. The first kappa shape index (κ1) is 9.34. The molecule has 0 saturated carbocycles. The fourth-order valence-corrected chi connectivity index (χ4v) is 1.90. The van der Waals surface area contributed by atoms with Crippen LogP contribution in [0.4, 0.5) is 0 Å². The number of hydrogen-bond acceptors (Lipinski definition) is 1. The van der Waals surface area contributed by atoms with Gasteiger partial charge in [-0.05, 0) is 31.8 Å². The minimum atomic E-state index is 0.420. The highest BCUT2D eigenvalue weighted by Gasteiger charge is 2.23. The molecule has 0 radical (unpaired) electrons. The minimum absolute atomic E-state index is 0.420. The van der Waals surface area contributed by atoms with Gasteiger partial charge in [0.1, 0.15) is 0 Å². The zero-order chi connectivity index (χ0) is 8.27. The van der Waals surface area contributed by atoms with Crippen LogP contribution in [0.3, 0.4) is 0 Å². The van der Waals surface area contributed by atoms with Crippen LogP contribution in [0.1, 0.15) is 26.7 Å². The number of likely N-dealkylation sites (tertiary alicyclic amines) is 1. The van der Waals surface area contributed by atoms with Gasteiger partial charge < -0.3 is 4.90 Å². The van der Waals surface area contributed by atoms with Crippen molar-refractivity contribution in [2.24, 2.45) is 5.92 Å². The van der Waals surface area contributed by atoms with Crippen LogP contribution in [-0.4, -0.2) is 29.9 Å². The van der Waals surface area contributed by atoms with Crippen LogP contribution in [-0.2, 0) is 0 Å². The third-order valence-electron chi connectivity index (χ3n) is 2.42. The molecular weight excluding hydrogens is 158 g/mol. The average Bonchev–Trinajstić information content (AvgIpc) is 1.98. The number of halogens is 1. The number of nitrogens with zero attached hydrogens (tertiary/aromatic N) is 1. The first-order valence-electron chi connectivity index (χ1n) is 4.60. The van der Waals surface area contributed by atoms with Crippen LogP contribution in [0.25, 0.3) is 0 Å². The van der Waals surface area contributed by atoms with Crippen molar-refractivity contribution >= 4 is 11.6 Å². The molecule has 0 spiro atoms. The summed E-state index contributed by atoms with van der Waals surface area (Å²) in [6.07, 6.45) is 2.43. The predicted molar refractivity (Wildman–Crippen MR) is 50.2 cm³/mol. The lowest BCUT2D eigenvalue weighted by Gasteiger charge is -2.33. The van der Waals surface area contributed by atoms with Crippen molar-refractivity contribution in [2.75, 3.05) is 19.6 Å². The molecular formula is C9H18ClN. The van der Waals surface area contributed by atoms with Gasteiger partial charge in [0.2, 0.25) is 0 Å². The molecule has 2 unspecified atom stereocenters. The van der Waals surface area contributed by atoms with Crippen molar-refractivity contribution in [3.63, 3.8) is 0 Å². The fraction of sp³-hybridized carbons (Fsp3) is 1.00. The van der Waals surface area contributed by atoms with Crippen molar-refractivity contribution in [1.82, 2.24) is 4.90 Å². The molecule has 0 amide bonds. The van der Waals surface area contributed by atoms with Gasteiger partial charge in [0.15, 0.2) is 0 Å². The zero-order valence-electron chi connectivity index (χ0n) is 7.52. The van der Waals surface area contributed by atoms with Gasteiger partial charge in [-0.2, -0.15) is 0 Å². The molecule has 0 aromatic heterocycles. The highest BCUT2D eigenvalue weighted by molar-refractivity contribution is 6.20. The lowest BCUT2D eigenvalue weighted by atomic mass is 9.99. The summed E-state index contributed by atoms with van der Waals surface area (Å²) in [5, 5.41) is 0.420. The molecule has 1 nitrogen and oxygen atoms in total. The predicted octanol–water partition coefficient (Wildman–Crippen LogP) is 2.35. The number of hydrogen-bond donors (Lipinski definition) is 0. The van der Waals surface area contributed by atoms with Crippen molar-refractivity contribution in [2.45, 2.75) is 32.1 Å². The molecule has 0 N–H and O–H groups in total. The van der Waals surface area contributed by atoms with Crippen molar-refractivity contribution < 1.29 is 0 Å². The Hall–Kier alpha value is 0.250. The lowest BCUT2D eigenvalue weighted by Crippen LogP contribution is -2.40. The van der Waals surface area contributed by atoms with Gasteiger partial charge in [-0.1, -0.05) is 13.8 Å². The van der Waals surface area contributed by atoms with Crippen molar-refractivity contribution in [3.8, 4) is 0 Å². The van der Waals surface area contributed by atoms with Gasteiger partial charge in [-0.3, -0.25) is 0 Å². The molecule has 0 aromatic rings. The van der Waals surface area contributed by atoms with Gasteiger partial charge in [-0.25, -0.2) is 0 Å². The topological polar surface area (TPSA) is 3.24 Å². The van der Waals surface area contributed by atoms with Crippen LogP contribution < -0.4 is 0 Å². The van der Waals surface area contributed by atoms with E-state index in [0.29, 0.717) is 11.3 Å². The smallest absolute Gasteiger partial charge is 0.0386 e. The van der Waals surface area contributed by atoms with Gasteiger partial charge in [0.25, 0.3) is 0 Å². The van der Waals surface area contributed by atoms with Crippen LogP contribution >= 0.6 is 11.6 Å². The Bertz CT molecular complexity index is 116. The van der Waals surface area contributed by atoms with Crippen molar-refractivity contribution in [3.05, 3.63) is 0 Å². The molecule has 1 rings (SSSR count). The molecule has 1 heterocycles. The average molecular weight is 176 g/mol. The first-order valence-corrected chi connectivity index (χ1v) is 5.04. The molecule has 1 fully saturated rings. The van der Waals surface area contributed by atoms with E-state index < -0.39 is 0 Å². The van der Waals surface area contributed by atoms with Gasteiger partial charge >= 0.3 is 0 Å². The fourth-order valence-electron chi connectivity index (χ4n) is 1.72. The summed E-state index contributed by atoms with van der Waals surface area (Å²) in [5.74, 6) is 0.678. The summed E-state index contributed by atoms with van der Waals surface area (Å²) >= 11 is 6.11. The number of alkyl halides is 1. The molecule has 2 heteroatoms. The molecule has 1 aliphatic rings. The first-order chi connectivity index (χ1) is 5.24. The Labute approximate surface area is 74.7 Å². The standard InChI is InChI=1S/C9H18ClN/c1-3-5-11-6-4-9(10)8(2)7-11/h8-9H,3-7H2,1-2H3. The summed E-state index contributed by atoms with van der Waals surface area (Å²) in [5.41, 5.74) is 0. The maximum atomic E-state index is 6.11. The second kappa shape index (κ2) is 4.32. The largest absolute Gasteiger partial charge is 0.303 e. The molecule has 0 aliphatic carbocycles. The maximum Gasteiger partial charge on any atom is 0.0386 e. The third-order valence-corrected chi connectivity index (χ3v) is 3.07. The highest BCUT2D eigenvalue weighted by atomic mass is 35.5. The Morgan fingerprint density at radius 2 is 2.27 bits per heavy atom. The Kier molecular flexibility index (Phi) is 3.67. The molecule has 66 valence electrons. The molecule has 1 saturated heterocycles. The van der Waals surface area contributed by atoms with Crippen molar-refractivity contribution in [1.29, 1.82) is 0 Å². The van der Waals surface area contributed by atoms with Crippen LogP contribution in [0, 0.1) is 5.92 Å².